The van der Waals surface area contributed by atoms with Gasteiger partial charge in [0.05, 0.1) is 7.59 Å². The summed E-state index contributed by atoms with van der Waals surface area (Å²) in [5, 5.41) is 0. The summed E-state index contributed by atoms with van der Waals surface area (Å²) in [5.74, 6) is 0. The van der Waals surface area contributed by atoms with Crippen LogP contribution in [0.1, 0.15) is 51.4 Å². The summed E-state index contributed by atoms with van der Waals surface area (Å²) in [4.78, 5) is 0. The van der Waals surface area contributed by atoms with Crippen LogP contribution in [0.3, 0.4) is 0 Å². The van der Waals surface area contributed by atoms with Crippen LogP contribution in [-0.2, 0) is 4.43 Å². The Morgan fingerprint density at radius 2 is 1.26 bits per heavy atom. The maximum atomic E-state index is 6.24. The average Bonchev–Trinajstić information content (AvgIpc) is 2.30. The van der Waals surface area contributed by atoms with E-state index in [1.165, 1.54) is 51.4 Å². The number of allylic oxidation sites excluding steroid dienone is 1. The van der Waals surface area contributed by atoms with Crippen molar-refractivity contribution in [2.45, 2.75) is 84.1 Å². The Morgan fingerprint density at radius 1 is 0.789 bits per heavy atom. The normalized spacial score (nSPS) is 12.7. The molecule has 114 valence electrons. The summed E-state index contributed by atoms with van der Waals surface area (Å²) in [6.45, 7) is 16.9. The third-order valence-corrected chi connectivity index (χ3v) is 20.1. The van der Waals surface area contributed by atoms with Gasteiger partial charge in [-0.05, 0) is 32.4 Å². The highest BCUT2D eigenvalue weighted by Gasteiger charge is 2.38. The van der Waals surface area contributed by atoms with Crippen LogP contribution in [0.15, 0.2) is 12.7 Å². The van der Waals surface area contributed by atoms with Crippen LogP contribution in [0, 0.1) is 0 Å². The Hall–Kier alpha value is 0.134. The lowest BCUT2D eigenvalue weighted by Crippen LogP contribution is -2.54. The van der Waals surface area contributed by atoms with E-state index in [1.54, 1.807) is 0 Å². The number of hydrogen-bond acceptors (Lipinski definition) is 1. The van der Waals surface area contributed by atoms with Crippen molar-refractivity contribution in [3.8, 4) is 0 Å². The minimum absolute atomic E-state index is 1.000. The van der Waals surface area contributed by atoms with Gasteiger partial charge in [0.15, 0.2) is 7.83 Å². The van der Waals surface area contributed by atoms with Crippen LogP contribution in [-0.4, -0.2) is 22.0 Å². The molecule has 19 heavy (non-hydrogen) atoms. The summed E-state index contributed by atoms with van der Waals surface area (Å²) in [5.41, 5.74) is 0. The molecule has 3 heteroatoms. The first kappa shape index (κ1) is 19.1. The molecule has 0 aromatic heterocycles. The molecular formula is C16H36OSi2. The topological polar surface area (TPSA) is 9.23 Å². The highest BCUT2D eigenvalue weighted by Crippen LogP contribution is 2.20. The van der Waals surface area contributed by atoms with E-state index in [0.717, 1.165) is 6.61 Å². The maximum Gasteiger partial charge on any atom is 0.173 e. The average molecular weight is 301 g/mol. The molecule has 0 spiro atoms. The monoisotopic (exact) mass is 300 g/mol. The van der Waals surface area contributed by atoms with Gasteiger partial charge in [-0.25, -0.2) is 0 Å². The molecule has 0 atom stereocenters. The Bertz CT molecular complexity index is 231. The molecule has 1 nitrogen and oxygen atoms in total. The standard InChI is InChI=1S/C16H36OSi2/c1-7-8-9-10-11-12-13-14-15-16-17-19(5,6)18(2,3)4/h7H,1,8-16H2,2-6H3. The van der Waals surface area contributed by atoms with Gasteiger partial charge in [-0.2, -0.15) is 0 Å². The summed E-state index contributed by atoms with van der Waals surface area (Å²) < 4.78 is 6.24. The lowest BCUT2D eigenvalue weighted by atomic mass is 10.1. The van der Waals surface area contributed by atoms with E-state index in [2.05, 4.69) is 39.3 Å². The minimum Gasteiger partial charge on any atom is -0.420 e. The van der Waals surface area contributed by atoms with Crippen LogP contribution in [0.5, 0.6) is 0 Å². The van der Waals surface area contributed by atoms with E-state index in [9.17, 15) is 0 Å². The summed E-state index contributed by atoms with van der Waals surface area (Å²) in [7, 11) is -2.44. The lowest BCUT2D eigenvalue weighted by molar-refractivity contribution is 0.304. The van der Waals surface area contributed by atoms with Crippen LogP contribution >= 0.6 is 0 Å². The molecule has 0 fully saturated rings. The quantitative estimate of drug-likeness (QED) is 0.246. The summed E-state index contributed by atoms with van der Waals surface area (Å²) >= 11 is 0. The fourth-order valence-corrected chi connectivity index (χ4v) is 4.51. The molecule has 0 aliphatic heterocycles. The first-order valence-electron chi connectivity index (χ1n) is 8.06. The second-order valence-corrected chi connectivity index (χ2v) is 23.1. The Balaban J connectivity index is 3.39. The Morgan fingerprint density at radius 3 is 1.74 bits per heavy atom. The first-order chi connectivity index (χ1) is 8.81. The SMILES string of the molecule is C=CCCCCCCCCCO[Si](C)(C)[Si](C)(C)C. The third kappa shape index (κ3) is 9.63. The molecule has 0 aliphatic rings. The van der Waals surface area contributed by atoms with Gasteiger partial charge in [-0.15, -0.1) is 6.58 Å². The van der Waals surface area contributed by atoms with E-state index in [4.69, 9.17) is 4.43 Å². The first-order valence-corrected chi connectivity index (χ1v) is 15.5. The van der Waals surface area contributed by atoms with Gasteiger partial charge in [0.25, 0.3) is 0 Å². The third-order valence-electron chi connectivity index (χ3n) is 4.32. The van der Waals surface area contributed by atoms with E-state index in [-0.39, 0.29) is 0 Å². The number of rotatable bonds is 12. The van der Waals surface area contributed by atoms with Gasteiger partial charge in [-0.3, -0.25) is 0 Å². The molecule has 0 saturated heterocycles. The van der Waals surface area contributed by atoms with Gasteiger partial charge in [0.1, 0.15) is 0 Å². The van der Waals surface area contributed by atoms with Gasteiger partial charge in [0, 0.05) is 6.61 Å². The summed E-state index contributed by atoms with van der Waals surface area (Å²) in [6, 6.07) is 0. The Kier molecular flexibility index (Phi) is 10.0. The number of hydrogen-bond donors (Lipinski definition) is 0. The van der Waals surface area contributed by atoms with Crippen molar-refractivity contribution < 1.29 is 4.43 Å². The highest BCUT2D eigenvalue weighted by molar-refractivity contribution is 7.37. The highest BCUT2D eigenvalue weighted by atomic mass is 29.3. The van der Waals surface area contributed by atoms with Gasteiger partial charge < -0.3 is 4.43 Å². The molecule has 0 radical (unpaired) electrons. The molecule has 0 aromatic carbocycles. The molecule has 0 rings (SSSR count). The molecule has 0 aromatic rings. The van der Waals surface area contributed by atoms with Crippen molar-refractivity contribution in [2.24, 2.45) is 0 Å². The molecule has 0 amide bonds. The lowest BCUT2D eigenvalue weighted by Gasteiger charge is -2.34. The second-order valence-electron chi connectivity index (χ2n) is 7.16. The van der Waals surface area contributed by atoms with Crippen molar-refractivity contribution in [3.05, 3.63) is 12.7 Å². The zero-order valence-corrected chi connectivity index (χ0v) is 16.1. The van der Waals surface area contributed by atoms with E-state index < -0.39 is 15.4 Å². The molecular weight excluding hydrogens is 264 g/mol. The van der Waals surface area contributed by atoms with Crippen LogP contribution in [0.2, 0.25) is 32.7 Å². The molecule has 0 heterocycles. The predicted molar refractivity (Wildman–Crippen MR) is 93.9 cm³/mol. The molecule has 0 aliphatic carbocycles. The van der Waals surface area contributed by atoms with Gasteiger partial charge in [-0.1, -0.05) is 57.8 Å². The van der Waals surface area contributed by atoms with E-state index in [1.807, 2.05) is 6.08 Å². The molecule has 0 unspecified atom stereocenters. The zero-order chi connectivity index (χ0) is 14.8. The van der Waals surface area contributed by atoms with E-state index >= 15 is 0 Å². The number of unbranched alkanes of at least 4 members (excludes halogenated alkanes) is 7. The van der Waals surface area contributed by atoms with Crippen molar-refractivity contribution >= 4 is 15.4 Å². The molecule has 0 bridgehead atoms. The summed E-state index contributed by atoms with van der Waals surface area (Å²) in [6.07, 6.45) is 12.7. The smallest absolute Gasteiger partial charge is 0.173 e. The Labute approximate surface area is 123 Å². The molecule has 0 N–H and O–H groups in total. The van der Waals surface area contributed by atoms with Crippen LogP contribution in [0.4, 0.5) is 0 Å². The van der Waals surface area contributed by atoms with Gasteiger partial charge >= 0.3 is 0 Å². The fourth-order valence-electron chi connectivity index (χ4n) is 1.82. The van der Waals surface area contributed by atoms with Crippen molar-refractivity contribution in [1.29, 1.82) is 0 Å². The van der Waals surface area contributed by atoms with Gasteiger partial charge in [0.2, 0.25) is 0 Å². The van der Waals surface area contributed by atoms with Crippen molar-refractivity contribution in [2.75, 3.05) is 6.61 Å². The largest absolute Gasteiger partial charge is 0.420 e. The minimum atomic E-state index is -1.37. The van der Waals surface area contributed by atoms with E-state index in [0.29, 0.717) is 0 Å². The zero-order valence-electron chi connectivity index (χ0n) is 14.1. The predicted octanol–water partition coefficient (Wildman–Crippen LogP) is 5.93. The van der Waals surface area contributed by atoms with Crippen LogP contribution in [0.25, 0.3) is 0 Å². The molecule has 0 saturated carbocycles. The second kappa shape index (κ2) is 9.95. The fraction of sp³-hybridized carbons (Fsp3) is 0.875. The van der Waals surface area contributed by atoms with Crippen LogP contribution < -0.4 is 0 Å². The van der Waals surface area contributed by atoms with Crippen molar-refractivity contribution in [1.82, 2.24) is 0 Å². The van der Waals surface area contributed by atoms with Crippen molar-refractivity contribution in [3.63, 3.8) is 0 Å². The maximum absolute atomic E-state index is 6.24.